The van der Waals surface area contributed by atoms with Crippen molar-refractivity contribution in [3.05, 3.63) is 32.9 Å². The molecule has 1 aliphatic carbocycles. The normalized spacial score (nSPS) is 23.4. The van der Waals surface area contributed by atoms with E-state index < -0.39 is 30.3 Å². The highest BCUT2D eigenvalue weighted by atomic mass is 127. The number of rotatable bonds is 12. The van der Waals surface area contributed by atoms with Crippen LogP contribution in [-0.2, 0) is 25.7 Å². The van der Waals surface area contributed by atoms with Gasteiger partial charge >= 0.3 is 0 Å². The largest absolute Gasteiger partial charge is 0.493 e. The number of aliphatic hydroxyl groups is 3. The van der Waals surface area contributed by atoms with E-state index in [1.807, 2.05) is 22.6 Å². The van der Waals surface area contributed by atoms with Gasteiger partial charge in [-0.25, -0.2) is 0 Å². The van der Waals surface area contributed by atoms with Gasteiger partial charge in [0.1, 0.15) is 18.3 Å². The molecule has 1 aromatic carbocycles. The van der Waals surface area contributed by atoms with Crippen molar-refractivity contribution in [2.45, 2.75) is 50.2 Å². The molecule has 1 aromatic rings. The van der Waals surface area contributed by atoms with Crippen LogP contribution in [0.2, 0.25) is 0 Å². The quantitative estimate of drug-likeness (QED) is 0.240. The Labute approximate surface area is 229 Å². The van der Waals surface area contributed by atoms with E-state index >= 15 is 0 Å². The van der Waals surface area contributed by atoms with Gasteiger partial charge in [-0.1, -0.05) is 0 Å². The third-order valence-electron chi connectivity index (χ3n) is 6.36. The molecule has 1 fully saturated rings. The van der Waals surface area contributed by atoms with Crippen molar-refractivity contribution in [2.75, 3.05) is 47.1 Å². The van der Waals surface area contributed by atoms with Crippen molar-refractivity contribution in [3.63, 3.8) is 0 Å². The highest BCUT2D eigenvalue weighted by molar-refractivity contribution is 14.1. The number of methoxy groups -OCH3 is 2. The second kappa shape index (κ2) is 14.3. The molecule has 2 amide bonds. The molecule has 2 aliphatic rings. The Morgan fingerprint density at radius 3 is 2.68 bits per heavy atom. The summed E-state index contributed by atoms with van der Waals surface area (Å²) in [6.45, 7) is 0.568. The van der Waals surface area contributed by atoms with Crippen LogP contribution in [0.1, 0.15) is 24.8 Å². The first-order valence-corrected chi connectivity index (χ1v) is 13.2. The lowest BCUT2D eigenvalue weighted by Gasteiger charge is -2.41. The van der Waals surface area contributed by atoms with Crippen LogP contribution in [0.25, 0.3) is 0 Å². The molecule has 12 heteroatoms. The summed E-state index contributed by atoms with van der Waals surface area (Å²) in [7, 11) is 2.99. The van der Waals surface area contributed by atoms with Crippen molar-refractivity contribution in [1.82, 2.24) is 10.2 Å². The first kappa shape index (κ1) is 29.6. The lowest BCUT2D eigenvalue weighted by molar-refractivity contribution is -0.149. The molecule has 0 saturated carbocycles. The van der Waals surface area contributed by atoms with Crippen LogP contribution < -0.4 is 14.8 Å². The Balaban J connectivity index is 1.98. The number of amides is 2. The highest BCUT2D eigenvalue weighted by Crippen LogP contribution is 2.37. The summed E-state index contributed by atoms with van der Waals surface area (Å²) in [6.07, 6.45) is 0.162. The molecule has 11 nitrogen and oxygen atoms in total. The van der Waals surface area contributed by atoms with Crippen molar-refractivity contribution < 1.29 is 43.9 Å². The zero-order valence-electron chi connectivity index (χ0n) is 21.0. The minimum absolute atomic E-state index is 0.0610. The van der Waals surface area contributed by atoms with Gasteiger partial charge in [0.2, 0.25) is 5.91 Å². The molecular formula is C25H35IN2O9. The van der Waals surface area contributed by atoms with E-state index in [0.29, 0.717) is 39.2 Å². The number of nitrogens with one attached hydrogen (secondary N) is 1. The summed E-state index contributed by atoms with van der Waals surface area (Å²) in [6, 6.07) is 2.57. The second-order valence-corrected chi connectivity index (χ2v) is 9.97. The van der Waals surface area contributed by atoms with E-state index in [9.17, 15) is 19.8 Å². The van der Waals surface area contributed by atoms with Gasteiger partial charge in [0, 0.05) is 38.8 Å². The lowest BCUT2D eigenvalue weighted by atomic mass is 9.87. The third-order valence-corrected chi connectivity index (χ3v) is 7.17. The Hall–Kier alpha value is -1.97. The lowest BCUT2D eigenvalue weighted by Crippen LogP contribution is -2.57. The predicted octanol–water partition coefficient (Wildman–Crippen LogP) is 0.362. The van der Waals surface area contributed by atoms with Gasteiger partial charge in [-0.2, -0.15) is 0 Å². The number of carbonyl (C=O) groups is 2. The van der Waals surface area contributed by atoms with Crippen molar-refractivity contribution in [2.24, 2.45) is 0 Å². The molecule has 1 unspecified atom stereocenters. The van der Waals surface area contributed by atoms with E-state index in [0.717, 1.165) is 6.42 Å². The number of halogens is 1. The molecule has 0 spiro atoms. The van der Waals surface area contributed by atoms with Crippen LogP contribution >= 0.6 is 22.6 Å². The molecular weight excluding hydrogens is 599 g/mol. The molecule has 1 aliphatic heterocycles. The fraction of sp³-hybridized carbons (Fsp3) is 0.600. The van der Waals surface area contributed by atoms with Crippen LogP contribution in [0.4, 0.5) is 0 Å². The summed E-state index contributed by atoms with van der Waals surface area (Å²) in [5.74, 6) is 0.00353. The average molecular weight is 634 g/mol. The van der Waals surface area contributed by atoms with Gasteiger partial charge in [0.05, 0.1) is 36.5 Å². The minimum atomic E-state index is -1.19. The van der Waals surface area contributed by atoms with E-state index in [4.69, 9.17) is 24.1 Å². The first-order valence-electron chi connectivity index (χ1n) is 12.2. The molecule has 3 rings (SSSR count). The topological polar surface area (TPSA) is 147 Å². The van der Waals surface area contributed by atoms with Crippen LogP contribution in [0, 0.1) is 3.57 Å². The third kappa shape index (κ3) is 7.33. The van der Waals surface area contributed by atoms with Crippen molar-refractivity contribution in [3.8, 4) is 11.5 Å². The molecule has 37 heavy (non-hydrogen) atoms. The maximum atomic E-state index is 13.4. The highest BCUT2D eigenvalue weighted by Gasteiger charge is 2.42. The fourth-order valence-electron chi connectivity index (χ4n) is 4.48. The molecule has 0 aromatic heterocycles. The van der Waals surface area contributed by atoms with Crippen molar-refractivity contribution in [1.29, 1.82) is 0 Å². The van der Waals surface area contributed by atoms with E-state index in [1.165, 1.54) is 25.2 Å². The van der Waals surface area contributed by atoms with Gasteiger partial charge in [0.15, 0.2) is 11.5 Å². The van der Waals surface area contributed by atoms with Gasteiger partial charge in [0.25, 0.3) is 5.91 Å². The second-order valence-electron chi connectivity index (χ2n) is 8.81. The summed E-state index contributed by atoms with van der Waals surface area (Å²) < 4.78 is 23.2. The SMILES string of the molecule is COCCN(C(=O)C1CCCO1)[C@@H]1CC(C(=O)NCCO)=C[C@H](Oc2c(I)cc(CO)cc2OC)[C@H]1O. The smallest absolute Gasteiger partial charge is 0.252 e. The number of carbonyl (C=O) groups excluding carboxylic acids is 2. The van der Waals surface area contributed by atoms with Gasteiger partial charge in [-0.15, -0.1) is 0 Å². The summed E-state index contributed by atoms with van der Waals surface area (Å²) in [4.78, 5) is 27.9. The van der Waals surface area contributed by atoms with Crippen LogP contribution in [0.5, 0.6) is 11.5 Å². The Morgan fingerprint density at radius 1 is 1.27 bits per heavy atom. The summed E-state index contributed by atoms with van der Waals surface area (Å²) >= 11 is 2.05. The standard InChI is InChI=1S/C25H35IN2O9/c1-34-9-6-28(25(33)19-4-3-8-36-19)18-12-16(24(32)27-5-7-29)13-20(22(18)31)37-23-17(26)10-15(14-30)11-21(23)35-2/h10-11,13,18-20,22,29-31H,3-9,12,14H2,1-2H3,(H,27,32)/t18-,19?,20+,22+/m1/s1. The summed E-state index contributed by atoms with van der Waals surface area (Å²) in [5.41, 5.74) is 0.945. The molecule has 1 heterocycles. The van der Waals surface area contributed by atoms with Crippen LogP contribution in [-0.4, -0.2) is 104 Å². The monoisotopic (exact) mass is 634 g/mol. The Morgan fingerprint density at radius 2 is 2.05 bits per heavy atom. The summed E-state index contributed by atoms with van der Waals surface area (Å²) in [5, 5.41) is 32.8. The van der Waals surface area contributed by atoms with Gasteiger partial charge in [-0.3, -0.25) is 9.59 Å². The number of nitrogens with zero attached hydrogens (tertiary/aromatic N) is 1. The fourth-order valence-corrected chi connectivity index (χ4v) is 5.27. The minimum Gasteiger partial charge on any atom is -0.493 e. The maximum Gasteiger partial charge on any atom is 0.252 e. The van der Waals surface area contributed by atoms with E-state index in [2.05, 4.69) is 5.32 Å². The maximum absolute atomic E-state index is 13.4. The first-order chi connectivity index (χ1) is 17.8. The van der Waals surface area contributed by atoms with Gasteiger partial charge < -0.3 is 44.5 Å². The molecule has 0 radical (unpaired) electrons. The van der Waals surface area contributed by atoms with E-state index in [-0.39, 0.29) is 45.2 Å². The van der Waals surface area contributed by atoms with Crippen LogP contribution in [0.3, 0.4) is 0 Å². The van der Waals surface area contributed by atoms with Crippen LogP contribution in [0.15, 0.2) is 23.8 Å². The number of ether oxygens (including phenoxy) is 4. The molecule has 206 valence electrons. The predicted molar refractivity (Wildman–Crippen MR) is 141 cm³/mol. The molecule has 4 N–H and O–H groups in total. The Bertz CT molecular complexity index is 968. The van der Waals surface area contributed by atoms with Crippen molar-refractivity contribution >= 4 is 34.4 Å². The zero-order valence-corrected chi connectivity index (χ0v) is 23.2. The zero-order chi connectivity index (χ0) is 26.9. The molecule has 4 atom stereocenters. The number of benzene rings is 1. The number of hydrogen-bond acceptors (Lipinski definition) is 9. The van der Waals surface area contributed by atoms with Gasteiger partial charge in [-0.05, 0) is 59.2 Å². The molecule has 0 bridgehead atoms. The Kier molecular flexibility index (Phi) is 11.4. The van der Waals surface area contributed by atoms with E-state index in [1.54, 1.807) is 12.1 Å². The average Bonchev–Trinajstić information content (AvgIpc) is 3.45. The number of aliphatic hydroxyl groups excluding tert-OH is 3. The number of hydrogen-bond donors (Lipinski definition) is 4. The molecule has 1 saturated heterocycles.